The minimum Gasteiger partial charge on any atom is -0.348 e. The van der Waals surface area contributed by atoms with Crippen molar-refractivity contribution in [2.24, 2.45) is 0 Å². The van der Waals surface area contributed by atoms with Crippen LogP contribution >= 0.6 is 11.6 Å². The third-order valence-electron chi connectivity index (χ3n) is 5.07. The van der Waals surface area contributed by atoms with E-state index in [2.05, 4.69) is 10.3 Å². The van der Waals surface area contributed by atoms with Gasteiger partial charge in [0.1, 0.15) is 5.69 Å². The Balaban J connectivity index is 1.98. The molecule has 0 spiro atoms. The van der Waals surface area contributed by atoms with Crippen molar-refractivity contribution in [3.05, 3.63) is 34.2 Å². The van der Waals surface area contributed by atoms with E-state index in [-0.39, 0.29) is 28.3 Å². The molecular weight excluding hydrogens is 379 g/mol. The topological polar surface area (TPSA) is 46.4 Å². The standard InChI is InChI=1S/C19H23ClF3N3O/c1-2-15-16(18(27)24-13-8-6-4-3-5-7-9-13)26-11-12(19(21,22)23)10-14(20)17(26)25-15/h10-11,13H,2-9H2,1H3,(H,24,27). The number of alkyl halides is 3. The number of pyridine rings is 1. The summed E-state index contributed by atoms with van der Waals surface area (Å²) < 4.78 is 40.7. The molecule has 8 heteroatoms. The number of fused-ring (bicyclic) bond motifs is 1. The van der Waals surface area contributed by atoms with Crippen molar-refractivity contribution in [1.29, 1.82) is 0 Å². The van der Waals surface area contributed by atoms with Gasteiger partial charge in [0.25, 0.3) is 5.91 Å². The molecule has 4 nitrogen and oxygen atoms in total. The van der Waals surface area contributed by atoms with Crippen LogP contribution in [-0.4, -0.2) is 21.3 Å². The van der Waals surface area contributed by atoms with E-state index in [1.165, 1.54) is 10.8 Å². The largest absolute Gasteiger partial charge is 0.417 e. The average Bonchev–Trinajstić information content (AvgIpc) is 2.95. The predicted molar refractivity (Wildman–Crippen MR) is 98.2 cm³/mol. The molecule has 27 heavy (non-hydrogen) atoms. The normalized spacial score (nSPS) is 16.9. The zero-order chi connectivity index (χ0) is 19.6. The molecule has 1 saturated carbocycles. The average molecular weight is 402 g/mol. The second-order valence-electron chi connectivity index (χ2n) is 7.04. The molecule has 2 heterocycles. The van der Waals surface area contributed by atoms with Crippen molar-refractivity contribution < 1.29 is 18.0 Å². The van der Waals surface area contributed by atoms with Crippen LogP contribution in [0.4, 0.5) is 13.2 Å². The van der Waals surface area contributed by atoms with Crippen molar-refractivity contribution in [1.82, 2.24) is 14.7 Å². The lowest BCUT2D eigenvalue weighted by molar-refractivity contribution is -0.137. The summed E-state index contributed by atoms with van der Waals surface area (Å²) in [6.45, 7) is 1.81. The Hall–Kier alpha value is -1.76. The fourth-order valence-electron chi connectivity index (χ4n) is 3.65. The molecule has 0 atom stereocenters. The molecule has 1 aliphatic rings. The molecule has 0 aliphatic heterocycles. The molecule has 3 rings (SSSR count). The molecule has 0 radical (unpaired) electrons. The van der Waals surface area contributed by atoms with E-state index in [9.17, 15) is 18.0 Å². The van der Waals surface area contributed by atoms with E-state index in [0.717, 1.165) is 50.8 Å². The first-order valence-corrected chi connectivity index (χ1v) is 9.77. The predicted octanol–water partition coefficient (Wildman–Crippen LogP) is 5.41. The summed E-state index contributed by atoms with van der Waals surface area (Å²) in [4.78, 5) is 17.2. The number of nitrogens with one attached hydrogen (secondary N) is 1. The Kier molecular flexibility index (Phi) is 5.99. The van der Waals surface area contributed by atoms with Gasteiger partial charge in [-0.2, -0.15) is 13.2 Å². The van der Waals surface area contributed by atoms with Gasteiger partial charge < -0.3 is 5.32 Å². The molecule has 2 aromatic heterocycles. The van der Waals surface area contributed by atoms with Gasteiger partial charge >= 0.3 is 6.18 Å². The van der Waals surface area contributed by atoms with Gasteiger partial charge in [0.05, 0.1) is 16.3 Å². The third-order valence-corrected chi connectivity index (χ3v) is 5.34. The molecule has 0 bridgehead atoms. The molecule has 1 aliphatic carbocycles. The molecule has 1 fully saturated rings. The van der Waals surface area contributed by atoms with E-state index in [1.54, 1.807) is 0 Å². The van der Waals surface area contributed by atoms with Gasteiger partial charge in [0.2, 0.25) is 0 Å². The Labute approximate surface area is 161 Å². The number of carbonyl (C=O) groups excluding carboxylic acids is 1. The van der Waals surface area contributed by atoms with Crippen LogP contribution in [-0.2, 0) is 12.6 Å². The number of hydrogen-bond acceptors (Lipinski definition) is 2. The lowest BCUT2D eigenvalue weighted by Gasteiger charge is -2.21. The third kappa shape index (κ3) is 4.39. The maximum atomic E-state index is 13.2. The Morgan fingerprint density at radius 3 is 2.48 bits per heavy atom. The van der Waals surface area contributed by atoms with Crippen LogP contribution in [0, 0.1) is 0 Å². The van der Waals surface area contributed by atoms with Gasteiger partial charge in [0, 0.05) is 12.2 Å². The van der Waals surface area contributed by atoms with Crippen LogP contribution in [0.2, 0.25) is 5.02 Å². The number of hydrogen-bond donors (Lipinski definition) is 1. The van der Waals surface area contributed by atoms with Crippen LogP contribution in [0.3, 0.4) is 0 Å². The van der Waals surface area contributed by atoms with Gasteiger partial charge in [-0.25, -0.2) is 4.98 Å². The van der Waals surface area contributed by atoms with Crippen molar-refractivity contribution in [2.75, 3.05) is 0 Å². The van der Waals surface area contributed by atoms with Crippen molar-refractivity contribution >= 4 is 23.2 Å². The summed E-state index contributed by atoms with van der Waals surface area (Å²) >= 11 is 6.03. The van der Waals surface area contributed by atoms with Crippen LogP contribution in [0.5, 0.6) is 0 Å². The maximum absolute atomic E-state index is 13.2. The molecule has 0 aromatic carbocycles. The van der Waals surface area contributed by atoms with Gasteiger partial charge in [0.15, 0.2) is 5.65 Å². The molecule has 0 saturated heterocycles. The zero-order valence-corrected chi connectivity index (χ0v) is 16.0. The van der Waals surface area contributed by atoms with Crippen molar-refractivity contribution in [3.8, 4) is 0 Å². The number of rotatable bonds is 3. The maximum Gasteiger partial charge on any atom is 0.417 e. The highest BCUT2D eigenvalue weighted by molar-refractivity contribution is 6.33. The van der Waals surface area contributed by atoms with Crippen LogP contribution in [0.25, 0.3) is 5.65 Å². The summed E-state index contributed by atoms with van der Waals surface area (Å²) in [7, 11) is 0. The van der Waals surface area contributed by atoms with E-state index in [4.69, 9.17) is 11.6 Å². The number of carbonyl (C=O) groups is 1. The number of nitrogens with zero attached hydrogens (tertiary/aromatic N) is 2. The summed E-state index contributed by atoms with van der Waals surface area (Å²) in [5, 5.41) is 2.89. The highest BCUT2D eigenvalue weighted by Crippen LogP contribution is 2.33. The quantitative estimate of drug-likeness (QED) is 0.747. The SMILES string of the molecule is CCc1nc2c(Cl)cc(C(F)(F)F)cn2c1C(=O)NC1CCCCCCC1. The second kappa shape index (κ2) is 8.09. The Bertz CT molecular complexity index is 824. The number of amides is 1. The van der Waals surface area contributed by atoms with Crippen molar-refractivity contribution in [2.45, 2.75) is 70.5 Å². The van der Waals surface area contributed by atoms with Crippen LogP contribution < -0.4 is 5.32 Å². The molecule has 2 aromatic rings. The van der Waals surface area contributed by atoms with E-state index >= 15 is 0 Å². The molecule has 1 N–H and O–H groups in total. The first-order chi connectivity index (χ1) is 12.8. The fraction of sp³-hybridized carbons (Fsp3) is 0.579. The second-order valence-corrected chi connectivity index (χ2v) is 7.45. The minimum atomic E-state index is -4.55. The van der Waals surface area contributed by atoms with Crippen LogP contribution in [0.1, 0.15) is 73.6 Å². The zero-order valence-electron chi connectivity index (χ0n) is 15.2. The van der Waals surface area contributed by atoms with Crippen molar-refractivity contribution in [3.63, 3.8) is 0 Å². The van der Waals surface area contributed by atoms with Gasteiger partial charge in [-0.1, -0.05) is 50.6 Å². The molecule has 0 unspecified atom stereocenters. The molecular formula is C19H23ClF3N3O. The van der Waals surface area contributed by atoms with E-state index < -0.39 is 11.7 Å². The first kappa shape index (κ1) is 20.0. The smallest absolute Gasteiger partial charge is 0.348 e. The fourth-order valence-corrected chi connectivity index (χ4v) is 3.90. The number of imidazole rings is 1. The number of halogens is 4. The Morgan fingerprint density at radius 2 is 1.89 bits per heavy atom. The number of aromatic nitrogens is 2. The lowest BCUT2D eigenvalue weighted by atomic mass is 9.96. The summed E-state index contributed by atoms with van der Waals surface area (Å²) in [6, 6.07) is 0.883. The van der Waals surface area contributed by atoms with Gasteiger partial charge in [-0.05, 0) is 25.3 Å². The molecule has 148 valence electrons. The summed E-state index contributed by atoms with van der Waals surface area (Å²) in [5.41, 5.74) is -0.147. The Morgan fingerprint density at radius 1 is 1.26 bits per heavy atom. The highest BCUT2D eigenvalue weighted by Gasteiger charge is 2.33. The van der Waals surface area contributed by atoms with Crippen LogP contribution in [0.15, 0.2) is 12.3 Å². The summed E-state index contributed by atoms with van der Waals surface area (Å²) in [6.07, 6.45) is 4.14. The first-order valence-electron chi connectivity index (χ1n) is 9.39. The van der Waals surface area contributed by atoms with Gasteiger partial charge in [-0.3, -0.25) is 9.20 Å². The summed E-state index contributed by atoms with van der Waals surface area (Å²) in [5.74, 6) is -0.389. The van der Waals surface area contributed by atoms with Gasteiger partial charge in [-0.15, -0.1) is 0 Å². The van der Waals surface area contributed by atoms with E-state index in [0.29, 0.717) is 12.1 Å². The molecule has 1 amide bonds. The highest BCUT2D eigenvalue weighted by atomic mass is 35.5. The van der Waals surface area contributed by atoms with E-state index in [1.807, 2.05) is 6.92 Å². The minimum absolute atomic E-state index is 0.0364. The number of aryl methyl sites for hydroxylation is 1. The lowest BCUT2D eigenvalue weighted by Crippen LogP contribution is -2.36. The monoisotopic (exact) mass is 401 g/mol.